The lowest BCUT2D eigenvalue weighted by Crippen LogP contribution is -2.53. The molecule has 1 N–H and O–H groups in total. The topological polar surface area (TPSA) is 84.6 Å². The Bertz CT molecular complexity index is 1100. The number of nitrogens with one attached hydrogen (secondary N) is 1. The molecule has 0 saturated carbocycles. The van der Waals surface area contributed by atoms with Gasteiger partial charge in [-0.05, 0) is 48.0 Å². The molecule has 0 spiro atoms. The molecule has 8 heteroatoms. The zero-order valence-electron chi connectivity index (χ0n) is 15.2. The third kappa shape index (κ3) is 3.86. The van der Waals surface area contributed by atoms with Gasteiger partial charge in [-0.2, -0.15) is 0 Å². The second-order valence-electron chi connectivity index (χ2n) is 6.48. The highest BCUT2D eigenvalue weighted by atomic mass is 19.1. The number of nitrogens with zero attached hydrogens (tertiary/aromatic N) is 2. The number of carbonyl (C=O) groups excluding carboxylic acids is 3. The van der Waals surface area contributed by atoms with Crippen molar-refractivity contribution in [2.24, 2.45) is 0 Å². The summed E-state index contributed by atoms with van der Waals surface area (Å²) < 4.78 is 20.1. The Morgan fingerprint density at radius 1 is 1.00 bits per heavy atom. The summed E-state index contributed by atoms with van der Waals surface area (Å²) in [7, 11) is 0. The highest BCUT2D eigenvalue weighted by Crippen LogP contribution is 2.18. The maximum atomic E-state index is 13.1. The van der Waals surface area contributed by atoms with Crippen molar-refractivity contribution in [2.45, 2.75) is 13.1 Å². The monoisotopic (exact) mass is 393 g/mol. The number of hydrogen-bond acceptors (Lipinski definition) is 4. The summed E-state index contributed by atoms with van der Waals surface area (Å²) in [5.74, 6) is -1.37. The van der Waals surface area contributed by atoms with Gasteiger partial charge < -0.3 is 8.98 Å². The summed E-state index contributed by atoms with van der Waals surface area (Å²) in [5, 5.41) is 2.18. The molecule has 1 fully saturated rings. The van der Waals surface area contributed by atoms with Crippen LogP contribution in [0.15, 0.2) is 71.0 Å². The average molecular weight is 393 g/mol. The van der Waals surface area contributed by atoms with Crippen LogP contribution < -0.4 is 5.32 Å². The molecular formula is C21H16FN3O4. The molecule has 2 aromatic heterocycles. The molecule has 0 atom stereocenters. The summed E-state index contributed by atoms with van der Waals surface area (Å²) in [6.45, 7) is 0.343. The number of furan rings is 1. The summed E-state index contributed by atoms with van der Waals surface area (Å²) in [4.78, 5) is 38.1. The number of barbiturate groups is 1. The number of rotatable bonds is 5. The van der Waals surface area contributed by atoms with Crippen LogP contribution in [0.3, 0.4) is 0 Å². The molecule has 1 aliphatic heterocycles. The van der Waals surface area contributed by atoms with Crippen LogP contribution in [-0.2, 0) is 22.7 Å². The van der Waals surface area contributed by atoms with Crippen molar-refractivity contribution in [1.82, 2.24) is 14.8 Å². The fraction of sp³-hybridized carbons (Fsp3) is 0.0952. The Labute approximate surface area is 165 Å². The van der Waals surface area contributed by atoms with E-state index in [0.29, 0.717) is 18.0 Å². The fourth-order valence-electron chi connectivity index (χ4n) is 3.03. The lowest BCUT2D eigenvalue weighted by molar-refractivity contribution is -0.130. The molecule has 1 saturated heterocycles. The number of amides is 4. The van der Waals surface area contributed by atoms with E-state index < -0.39 is 17.8 Å². The Balaban J connectivity index is 1.60. The van der Waals surface area contributed by atoms with Crippen LogP contribution in [-0.4, -0.2) is 27.3 Å². The molecule has 0 unspecified atom stereocenters. The number of halogens is 1. The maximum absolute atomic E-state index is 13.1. The zero-order chi connectivity index (χ0) is 20.4. The number of benzene rings is 1. The van der Waals surface area contributed by atoms with Gasteiger partial charge in [-0.25, -0.2) is 9.18 Å². The molecule has 0 bridgehead atoms. The van der Waals surface area contributed by atoms with Crippen molar-refractivity contribution in [3.05, 3.63) is 89.4 Å². The minimum Gasteiger partial charge on any atom is -0.467 e. The van der Waals surface area contributed by atoms with E-state index >= 15 is 0 Å². The Kier molecular flexibility index (Phi) is 4.82. The maximum Gasteiger partial charge on any atom is 0.331 e. The summed E-state index contributed by atoms with van der Waals surface area (Å²) in [6, 6.07) is 12.1. The van der Waals surface area contributed by atoms with E-state index in [2.05, 4.69) is 5.32 Å². The molecular weight excluding hydrogens is 377 g/mol. The first-order valence-corrected chi connectivity index (χ1v) is 8.82. The van der Waals surface area contributed by atoms with E-state index in [-0.39, 0.29) is 17.9 Å². The normalized spacial score (nSPS) is 15.8. The van der Waals surface area contributed by atoms with Gasteiger partial charge in [-0.3, -0.25) is 19.8 Å². The lowest BCUT2D eigenvalue weighted by atomic mass is 10.1. The first-order valence-electron chi connectivity index (χ1n) is 8.82. The predicted molar refractivity (Wildman–Crippen MR) is 101 cm³/mol. The van der Waals surface area contributed by atoms with E-state index in [1.807, 2.05) is 4.57 Å². The van der Waals surface area contributed by atoms with Crippen LogP contribution in [0.2, 0.25) is 0 Å². The molecule has 29 heavy (non-hydrogen) atoms. The summed E-state index contributed by atoms with van der Waals surface area (Å²) in [5.41, 5.74) is 1.30. The minimum atomic E-state index is -0.796. The molecule has 0 radical (unpaired) electrons. The summed E-state index contributed by atoms with van der Waals surface area (Å²) >= 11 is 0. The van der Waals surface area contributed by atoms with E-state index in [9.17, 15) is 18.8 Å². The second-order valence-corrected chi connectivity index (χ2v) is 6.48. The van der Waals surface area contributed by atoms with E-state index in [0.717, 1.165) is 10.5 Å². The van der Waals surface area contributed by atoms with E-state index in [4.69, 9.17) is 4.42 Å². The van der Waals surface area contributed by atoms with Crippen molar-refractivity contribution in [3.63, 3.8) is 0 Å². The molecule has 3 heterocycles. The third-order valence-corrected chi connectivity index (χ3v) is 4.50. The van der Waals surface area contributed by atoms with Gasteiger partial charge in [0.05, 0.1) is 12.8 Å². The van der Waals surface area contributed by atoms with Crippen molar-refractivity contribution in [2.75, 3.05) is 0 Å². The predicted octanol–water partition coefficient (Wildman–Crippen LogP) is 2.93. The van der Waals surface area contributed by atoms with E-state index in [1.165, 1.54) is 24.5 Å². The Morgan fingerprint density at radius 3 is 2.52 bits per heavy atom. The van der Waals surface area contributed by atoms with Gasteiger partial charge in [-0.15, -0.1) is 0 Å². The Morgan fingerprint density at radius 2 is 1.79 bits per heavy atom. The van der Waals surface area contributed by atoms with Crippen LogP contribution in [0.25, 0.3) is 6.08 Å². The first-order chi connectivity index (χ1) is 14.0. The van der Waals surface area contributed by atoms with Gasteiger partial charge in [0, 0.05) is 18.4 Å². The second kappa shape index (κ2) is 7.59. The van der Waals surface area contributed by atoms with Crippen LogP contribution in [0.4, 0.5) is 9.18 Å². The van der Waals surface area contributed by atoms with Crippen LogP contribution in [0.1, 0.15) is 17.0 Å². The molecule has 1 aromatic carbocycles. The third-order valence-electron chi connectivity index (χ3n) is 4.50. The van der Waals surface area contributed by atoms with Crippen LogP contribution in [0.5, 0.6) is 0 Å². The Hall–Kier alpha value is -3.94. The summed E-state index contributed by atoms with van der Waals surface area (Å²) in [6.07, 6.45) is 4.65. The lowest BCUT2D eigenvalue weighted by Gasteiger charge is -2.25. The van der Waals surface area contributed by atoms with Gasteiger partial charge in [0.1, 0.15) is 17.2 Å². The van der Waals surface area contributed by atoms with E-state index in [1.54, 1.807) is 42.6 Å². The largest absolute Gasteiger partial charge is 0.467 e. The molecule has 4 amide bonds. The molecule has 0 aliphatic carbocycles. The molecule has 1 aliphatic rings. The minimum absolute atomic E-state index is 0.0844. The van der Waals surface area contributed by atoms with Gasteiger partial charge >= 0.3 is 6.03 Å². The number of hydrogen-bond donors (Lipinski definition) is 1. The van der Waals surface area contributed by atoms with Crippen molar-refractivity contribution in [3.8, 4) is 0 Å². The zero-order valence-corrected chi connectivity index (χ0v) is 15.2. The molecule has 7 nitrogen and oxygen atoms in total. The van der Waals surface area contributed by atoms with Gasteiger partial charge in [0.15, 0.2) is 0 Å². The average Bonchev–Trinajstić information content (AvgIpc) is 3.36. The fourth-order valence-corrected chi connectivity index (χ4v) is 3.03. The number of carbonyl (C=O) groups is 3. The number of urea groups is 1. The van der Waals surface area contributed by atoms with Crippen molar-refractivity contribution < 1.29 is 23.2 Å². The van der Waals surface area contributed by atoms with Crippen molar-refractivity contribution in [1.29, 1.82) is 0 Å². The number of imide groups is 2. The SMILES string of the molecule is O=C1NC(=O)N(Cc2ccco2)C(=O)/C1=C\c1cccn1Cc1ccc(F)cc1. The van der Waals surface area contributed by atoms with Crippen LogP contribution in [0, 0.1) is 5.82 Å². The number of aromatic nitrogens is 1. The van der Waals surface area contributed by atoms with Gasteiger partial charge in [0.25, 0.3) is 11.8 Å². The molecule has 4 rings (SSSR count). The van der Waals surface area contributed by atoms with Gasteiger partial charge in [0.2, 0.25) is 0 Å². The van der Waals surface area contributed by atoms with Crippen molar-refractivity contribution >= 4 is 23.9 Å². The highest BCUT2D eigenvalue weighted by molar-refractivity contribution is 6.30. The quantitative estimate of drug-likeness (QED) is 0.534. The first kappa shape index (κ1) is 18.4. The highest BCUT2D eigenvalue weighted by Gasteiger charge is 2.36. The standard InChI is InChI=1S/C21H16FN3O4/c22-15-7-5-14(6-8-15)12-24-9-1-3-16(24)11-18-19(26)23-21(28)25(20(18)27)13-17-4-2-10-29-17/h1-11H,12-13H2,(H,23,26,28)/b18-11-. The smallest absolute Gasteiger partial charge is 0.331 e. The van der Waals surface area contributed by atoms with Gasteiger partial charge in [-0.1, -0.05) is 12.1 Å². The van der Waals surface area contributed by atoms with Crippen LogP contribution >= 0.6 is 0 Å². The molecule has 3 aromatic rings. The molecule has 146 valence electrons.